The van der Waals surface area contributed by atoms with Crippen molar-refractivity contribution < 1.29 is 0 Å². The second kappa shape index (κ2) is 5.25. The highest BCUT2D eigenvalue weighted by atomic mass is 15.2. The van der Waals surface area contributed by atoms with Crippen molar-refractivity contribution in [2.45, 2.75) is 70.6 Å². The van der Waals surface area contributed by atoms with Crippen LogP contribution in [0, 0.1) is 0 Å². The predicted molar refractivity (Wildman–Crippen MR) is 77.0 cm³/mol. The first-order chi connectivity index (χ1) is 9.16. The minimum Gasteiger partial charge on any atom is -0.331 e. The van der Waals surface area contributed by atoms with Gasteiger partial charge in [0.25, 0.3) is 0 Å². The Kier molecular flexibility index (Phi) is 3.63. The van der Waals surface area contributed by atoms with Gasteiger partial charge in [-0.2, -0.15) is 0 Å². The summed E-state index contributed by atoms with van der Waals surface area (Å²) in [4.78, 5) is 7.29. The van der Waals surface area contributed by atoms with Crippen LogP contribution in [0.25, 0.3) is 0 Å². The lowest BCUT2D eigenvalue weighted by Crippen LogP contribution is -2.37. The van der Waals surface area contributed by atoms with E-state index < -0.39 is 0 Å². The average Bonchev–Trinajstić information content (AvgIpc) is 2.98. The van der Waals surface area contributed by atoms with Gasteiger partial charge < -0.3 is 10.3 Å². The Morgan fingerprint density at radius 2 is 2.11 bits per heavy atom. The molecule has 1 aromatic heterocycles. The first kappa shape index (κ1) is 13.1. The summed E-state index contributed by atoms with van der Waals surface area (Å²) >= 11 is 0. The van der Waals surface area contributed by atoms with Crippen molar-refractivity contribution >= 4 is 0 Å². The number of hydrogen-bond donors (Lipinski definition) is 1. The van der Waals surface area contributed by atoms with E-state index in [4.69, 9.17) is 5.73 Å². The van der Waals surface area contributed by atoms with Crippen LogP contribution in [-0.4, -0.2) is 33.1 Å². The second-order valence-electron chi connectivity index (χ2n) is 6.33. The SMILES string of the molecule is CC(C)N1CCCC1Cc1ncc2n1CCCC2N. The molecule has 2 N–H and O–H groups in total. The number of hydrogen-bond acceptors (Lipinski definition) is 3. The molecule has 2 atom stereocenters. The van der Waals surface area contributed by atoms with Crippen molar-refractivity contribution in [3.05, 3.63) is 17.7 Å². The third-order valence-electron chi connectivity index (χ3n) is 4.75. The molecule has 0 spiro atoms. The minimum atomic E-state index is 0.194. The quantitative estimate of drug-likeness (QED) is 0.907. The molecule has 4 heteroatoms. The van der Waals surface area contributed by atoms with Gasteiger partial charge in [0, 0.05) is 31.1 Å². The van der Waals surface area contributed by atoms with Crippen molar-refractivity contribution in [3.63, 3.8) is 0 Å². The van der Waals surface area contributed by atoms with Crippen LogP contribution in [0.1, 0.15) is 57.1 Å². The van der Waals surface area contributed by atoms with E-state index in [9.17, 15) is 0 Å². The second-order valence-corrected chi connectivity index (χ2v) is 6.33. The first-order valence-corrected chi connectivity index (χ1v) is 7.72. The van der Waals surface area contributed by atoms with Gasteiger partial charge in [-0.3, -0.25) is 4.90 Å². The summed E-state index contributed by atoms with van der Waals surface area (Å²) < 4.78 is 2.38. The van der Waals surface area contributed by atoms with Gasteiger partial charge in [0.05, 0.1) is 11.9 Å². The highest BCUT2D eigenvalue weighted by molar-refractivity contribution is 5.13. The predicted octanol–water partition coefficient (Wildman–Crippen LogP) is 2.09. The van der Waals surface area contributed by atoms with Gasteiger partial charge in [-0.15, -0.1) is 0 Å². The van der Waals surface area contributed by atoms with E-state index in [2.05, 4.69) is 28.3 Å². The third kappa shape index (κ3) is 2.43. The van der Waals surface area contributed by atoms with Crippen molar-refractivity contribution in [2.24, 2.45) is 5.73 Å². The number of nitrogens with zero attached hydrogens (tertiary/aromatic N) is 3. The Balaban J connectivity index is 1.77. The van der Waals surface area contributed by atoms with Gasteiger partial charge in [-0.1, -0.05) is 0 Å². The lowest BCUT2D eigenvalue weighted by Gasteiger charge is -2.29. The van der Waals surface area contributed by atoms with E-state index in [1.807, 2.05) is 6.20 Å². The van der Waals surface area contributed by atoms with E-state index in [1.54, 1.807) is 0 Å². The van der Waals surface area contributed by atoms with Crippen LogP contribution in [0.4, 0.5) is 0 Å². The van der Waals surface area contributed by atoms with Gasteiger partial charge in [0.2, 0.25) is 0 Å². The fourth-order valence-corrected chi connectivity index (χ4v) is 3.73. The molecule has 0 saturated carbocycles. The Labute approximate surface area is 116 Å². The molecule has 19 heavy (non-hydrogen) atoms. The van der Waals surface area contributed by atoms with Crippen LogP contribution in [0.5, 0.6) is 0 Å². The molecule has 1 aromatic rings. The fraction of sp³-hybridized carbons (Fsp3) is 0.800. The van der Waals surface area contributed by atoms with Gasteiger partial charge in [-0.05, 0) is 46.1 Å². The molecule has 2 aliphatic rings. The van der Waals surface area contributed by atoms with Crippen LogP contribution >= 0.6 is 0 Å². The van der Waals surface area contributed by atoms with Crippen LogP contribution in [0.3, 0.4) is 0 Å². The van der Waals surface area contributed by atoms with Crippen LogP contribution < -0.4 is 5.73 Å². The molecular weight excluding hydrogens is 236 g/mol. The average molecular weight is 262 g/mol. The zero-order valence-corrected chi connectivity index (χ0v) is 12.2. The summed E-state index contributed by atoms with van der Waals surface area (Å²) in [6.45, 7) is 6.95. The van der Waals surface area contributed by atoms with Gasteiger partial charge in [0.15, 0.2) is 0 Å². The standard InChI is InChI=1S/C15H26N4/c1-11(2)18-7-3-5-12(18)9-15-17-10-14-13(16)6-4-8-19(14)15/h10-13H,3-9,16H2,1-2H3. The Morgan fingerprint density at radius 1 is 1.32 bits per heavy atom. The van der Waals surface area contributed by atoms with Crippen molar-refractivity contribution in [1.82, 2.24) is 14.5 Å². The zero-order chi connectivity index (χ0) is 13.4. The summed E-state index contributed by atoms with van der Waals surface area (Å²) in [6, 6.07) is 1.51. The minimum absolute atomic E-state index is 0.194. The van der Waals surface area contributed by atoms with Crippen LogP contribution in [-0.2, 0) is 13.0 Å². The zero-order valence-electron chi connectivity index (χ0n) is 12.2. The monoisotopic (exact) mass is 262 g/mol. The normalized spacial score (nSPS) is 28.0. The summed E-state index contributed by atoms with van der Waals surface area (Å²) in [5.41, 5.74) is 7.42. The number of fused-ring (bicyclic) bond motifs is 1. The molecule has 4 nitrogen and oxygen atoms in total. The maximum absolute atomic E-state index is 6.17. The number of nitrogens with two attached hydrogens (primary N) is 1. The maximum atomic E-state index is 6.17. The molecule has 2 aliphatic heterocycles. The van der Waals surface area contributed by atoms with Gasteiger partial charge in [-0.25, -0.2) is 4.98 Å². The summed E-state index contributed by atoms with van der Waals surface area (Å²) in [7, 11) is 0. The van der Waals surface area contributed by atoms with Crippen LogP contribution in [0.2, 0.25) is 0 Å². The highest BCUT2D eigenvalue weighted by Gasteiger charge is 2.29. The molecule has 3 heterocycles. The molecule has 0 bridgehead atoms. The summed E-state index contributed by atoms with van der Waals surface area (Å²) in [5, 5.41) is 0. The van der Waals surface area contributed by atoms with E-state index in [0.29, 0.717) is 12.1 Å². The number of aromatic nitrogens is 2. The maximum Gasteiger partial charge on any atom is 0.110 e. The molecule has 1 saturated heterocycles. The fourth-order valence-electron chi connectivity index (χ4n) is 3.73. The van der Waals surface area contributed by atoms with Gasteiger partial charge in [0.1, 0.15) is 5.82 Å². The molecule has 0 aromatic carbocycles. The molecular formula is C15H26N4. The lowest BCUT2D eigenvalue weighted by atomic mass is 10.0. The number of imidazole rings is 1. The first-order valence-electron chi connectivity index (χ1n) is 7.72. The van der Waals surface area contributed by atoms with Crippen LogP contribution in [0.15, 0.2) is 6.20 Å². The Hall–Kier alpha value is -0.870. The smallest absolute Gasteiger partial charge is 0.110 e. The largest absolute Gasteiger partial charge is 0.331 e. The molecule has 3 rings (SSSR count). The molecule has 0 aliphatic carbocycles. The van der Waals surface area contributed by atoms with E-state index in [-0.39, 0.29) is 6.04 Å². The topological polar surface area (TPSA) is 47.1 Å². The Bertz CT molecular complexity index is 437. The molecule has 1 fully saturated rings. The lowest BCUT2D eigenvalue weighted by molar-refractivity contribution is 0.199. The van der Waals surface area contributed by atoms with E-state index in [0.717, 1.165) is 19.4 Å². The van der Waals surface area contributed by atoms with Crippen molar-refractivity contribution in [2.75, 3.05) is 6.54 Å². The van der Waals surface area contributed by atoms with Gasteiger partial charge >= 0.3 is 0 Å². The summed E-state index contributed by atoms with van der Waals surface area (Å²) in [6.07, 6.45) is 8.03. The van der Waals surface area contributed by atoms with E-state index >= 15 is 0 Å². The molecule has 106 valence electrons. The van der Waals surface area contributed by atoms with E-state index in [1.165, 1.54) is 37.3 Å². The third-order valence-corrected chi connectivity index (χ3v) is 4.75. The van der Waals surface area contributed by atoms with Crippen molar-refractivity contribution in [1.29, 1.82) is 0 Å². The molecule has 2 unspecified atom stereocenters. The van der Waals surface area contributed by atoms with Crippen molar-refractivity contribution in [3.8, 4) is 0 Å². The summed E-state index contributed by atoms with van der Waals surface area (Å²) in [5.74, 6) is 1.25. The Morgan fingerprint density at radius 3 is 2.89 bits per heavy atom. The molecule has 0 amide bonds. The number of rotatable bonds is 3. The molecule has 0 radical (unpaired) electrons. The number of likely N-dealkylation sites (tertiary alicyclic amines) is 1. The highest BCUT2D eigenvalue weighted by Crippen LogP contribution is 2.27.